The number of hydrogen-bond donors (Lipinski definition) is 3. The quantitative estimate of drug-likeness (QED) is 0.449. The average molecular weight is 254 g/mol. The molecule has 3 rings (SSSR count). The van der Waals surface area contributed by atoms with Gasteiger partial charge in [0.05, 0.1) is 11.3 Å². The Bertz CT molecular complexity index is 751. The standard InChI is InChI=1S/C14H10N2O3/c15-11-10-6-3-1-2-4-7(6)12(17)8(10)5-9(13(11)18)14(16)19/h1-5,18H,15H2,(H2,16,19). The lowest BCUT2D eigenvalue weighted by Gasteiger charge is -2.09. The number of hydrogen-bond acceptors (Lipinski definition) is 4. The molecule has 5 heteroatoms. The van der Waals surface area contributed by atoms with Gasteiger partial charge < -0.3 is 16.6 Å². The van der Waals surface area contributed by atoms with Crippen LogP contribution < -0.4 is 11.5 Å². The molecule has 0 heterocycles. The number of rotatable bonds is 1. The predicted octanol–water partition coefficient (Wildman–Crippen LogP) is 1.28. The van der Waals surface area contributed by atoms with E-state index in [0.717, 1.165) is 0 Å². The second kappa shape index (κ2) is 3.58. The molecule has 0 atom stereocenters. The SMILES string of the molecule is NC(=O)c1cc2c(c(N)c1O)-c1ccccc1C2=O. The van der Waals surface area contributed by atoms with E-state index in [1.165, 1.54) is 6.07 Å². The summed E-state index contributed by atoms with van der Waals surface area (Å²) in [6, 6.07) is 8.25. The Morgan fingerprint density at radius 1 is 1.11 bits per heavy atom. The van der Waals surface area contributed by atoms with Crippen molar-refractivity contribution in [3.8, 4) is 16.9 Å². The predicted molar refractivity (Wildman–Crippen MR) is 69.9 cm³/mol. The molecular weight excluding hydrogens is 244 g/mol. The first-order valence-corrected chi connectivity index (χ1v) is 5.61. The fourth-order valence-electron chi connectivity index (χ4n) is 2.39. The first kappa shape index (κ1) is 11.3. The van der Waals surface area contributed by atoms with Crippen LogP contribution >= 0.6 is 0 Å². The third kappa shape index (κ3) is 1.35. The van der Waals surface area contributed by atoms with Crippen molar-refractivity contribution in [2.45, 2.75) is 0 Å². The summed E-state index contributed by atoms with van der Waals surface area (Å²) < 4.78 is 0. The van der Waals surface area contributed by atoms with E-state index in [2.05, 4.69) is 0 Å². The number of carbonyl (C=O) groups excluding carboxylic acids is 2. The molecule has 94 valence electrons. The molecule has 2 aromatic carbocycles. The Balaban J connectivity index is 2.41. The lowest BCUT2D eigenvalue weighted by atomic mass is 9.99. The van der Waals surface area contributed by atoms with Gasteiger partial charge in [-0.25, -0.2) is 0 Å². The summed E-state index contributed by atoms with van der Waals surface area (Å²) in [6.45, 7) is 0. The molecule has 0 aromatic heterocycles. The number of nitrogens with two attached hydrogens (primary N) is 2. The third-order valence-electron chi connectivity index (χ3n) is 3.29. The van der Waals surface area contributed by atoms with Crippen molar-refractivity contribution in [3.63, 3.8) is 0 Å². The minimum absolute atomic E-state index is 0.00426. The molecule has 1 amide bonds. The lowest BCUT2D eigenvalue weighted by molar-refractivity contribution is 0.0998. The first-order valence-electron chi connectivity index (χ1n) is 5.61. The number of ketones is 1. The highest BCUT2D eigenvalue weighted by atomic mass is 16.3. The van der Waals surface area contributed by atoms with Gasteiger partial charge in [-0.2, -0.15) is 0 Å². The van der Waals surface area contributed by atoms with Gasteiger partial charge in [0.25, 0.3) is 5.91 Å². The van der Waals surface area contributed by atoms with Crippen LogP contribution in [0.25, 0.3) is 11.1 Å². The summed E-state index contributed by atoms with van der Waals surface area (Å²) in [5.74, 6) is -1.42. The highest BCUT2D eigenvalue weighted by molar-refractivity contribution is 6.24. The number of primary amides is 1. The lowest BCUT2D eigenvalue weighted by Crippen LogP contribution is -2.13. The van der Waals surface area contributed by atoms with Crippen LogP contribution in [0.1, 0.15) is 26.3 Å². The van der Waals surface area contributed by atoms with Crippen LogP contribution in [0.5, 0.6) is 5.75 Å². The molecule has 1 aliphatic rings. The van der Waals surface area contributed by atoms with Crippen molar-refractivity contribution in [2.75, 3.05) is 5.73 Å². The van der Waals surface area contributed by atoms with Crippen molar-refractivity contribution in [2.24, 2.45) is 5.73 Å². The fraction of sp³-hybridized carbons (Fsp3) is 0. The molecule has 0 radical (unpaired) electrons. The van der Waals surface area contributed by atoms with E-state index < -0.39 is 5.91 Å². The van der Waals surface area contributed by atoms with Crippen LogP contribution in [0.4, 0.5) is 5.69 Å². The molecule has 0 spiro atoms. The number of aromatic hydroxyl groups is 1. The number of fused-ring (bicyclic) bond motifs is 3. The monoisotopic (exact) mass is 254 g/mol. The van der Waals surface area contributed by atoms with Crippen molar-refractivity contribution < 1.29 is 14.7 Å². The van der Waals surface area contributed by atoms with E-state index in [4.69, 9.17) is 11.5 Å². The molecule has 0 saturated heterocycles. The highest BCUT2D eigenvalue weighted by Crippen LogP contribution is 2.45. The maximum Gasteiger partial charge on any atom is 0.252 e. The maximum atomic E-state index is 12.2. The second-order valence-corrected chi connectivity index (χ2v) is 4.35. The van der Waals surface area contributed by atoms with Crippen molar-refractivity contribution >= 4 is 17.4 Å². The number of carbonyl (C=O) groups is 2. The van der Waals surface area contributed by atoms with Gasteiger partial charge in [0.2, 0.25) is 0 Å². The molecule has 5 nitrogen and oxygen atoms in total. The van der Waals surface area contributed by atoms with E-state index >= 15 is 0 Å². The Morgan fingerprint density at radius 3 is 2.37 bits per heavy atom. The molecule has 0 unspecified atom stereocenters. The summed E-state index contributed by atoms with van der Waals surface area (Å²) >= 11 is 0. The van der Waals surface area contributed by atoms with Crippen LogP contribution in [0.3, 0.4) is 0 Å². The van der Waals surface area contributed by atoms with Crippen LogP contribution in [-0.4, -0.2) is 16.8 Å². The molecule has 0 saturated carbocycles. The van der Waals surface area contributed by atoms with Gasteiger partial charge >= 0.3 is 0 Å². The Kier molecular flexibility index (Phi) is 2.13. The van der Waals surface area contributed by atoms with Gasteiger partial charge in [-0.1, -0.05) is 24.3 Å². The van der Waals surface area contributed by atoms with Gasteiger partial charge in [-0.05, 0) is 11.6 Å². The molecule has 0 fully saturated rings. The summed E-state index contributed by atoms with van der Waals surface area (Å²) in [4.78, 5) is 23.5. The van der Waals surface area contributed by atoms with Crippen molar-refractivity contribution in [1.82, 2.24) is 0 Å². The number of amides is 1. The molecular formula is C14H10N2O3. The second-order valence-electron chi connectivity index (χ2n) is 4.35. The van der Waals surface area contributed by atoms with E-state index in [1.807, 2.05) is 0 Å². The molecule has 0 bridgehead atoms. The zero-order chi connectivity index (χ0) is 13.7. The minimum atomic E-state index is -0.823. The Hall–Kier alpha value is -2.82. The summed E-state index contributed by atoms with van der Waals surface area (Å²) in [6.07, 6.45) is 0. The zero-order valence-corrected chi connectivity index (χ0v) is 9.81. The van der Waals surface area contributed by atoms with Crippen molar-refractivity contribution in [3.05, 3.63) is 47.0 Å². The number of anilines is 1. The molecule has 19 heavy (non-hydrogen) atoms. The molecule has 2 aromatic rings. The number of phenols is 1. The van der Waals surface area contributed by atoms with Crippen LogP contribution in [-0.2, 0) is 0 Å². The smallest absolute Gasteiger partial charge is 0.252 e. The molecule has 0 aliphatic heterocycles. The Labute approximate surface area is 108 Å². The van der Waals surface area contributed by atoms with E-state index in [-0.39, 0.29) is 22.8 Å². The highest BCUT2D eigenvalue weighted by Gasteiger charge is 2.31. The minimum Gasteiger partial charge on any atom is -0.505 e. The number of nitrogen functional groups attached to an aromatic ring is 1. The van der Waals surface area contributed by atoms with Gasteiger partial charge in [-0.3, -0.25) is 9.59 Å². The fourth-order valence-corrected chi connectivity index (χ4v) is 2.39. The largest absolute Gasteiger partial charge is 0.505 e. The van der Waals surface area contributed by atoms with Gasteiger partial charge in [-0.15, -0.1) is 0 Å². The molecule has 1 aliphatic carbocycles. The van der Waals surface area contributed by atoms with E-state index in [1.54, 1.807) is 24.3 Å². The van der Waals surface area contributed by atoms with Crippen LogP contribution in [0.15, 0.2) is 30.3 Å². The average Bonchev–Trinajstić information content (AvgIpc) is 2.67. The van der Waals surface area contributed by atoms with E-state index in [0.29, 0.717) is 22.3 Å². The van der Waals surface area contributed by atoms with Gasteiger partial charge in [0.1, 0.15) is 0 Å². The number of benzene rings is 2. The maximum absolute atomic E-state index is 12.2. The Morgan fingerprint density at radius 2 is 1.74 bits per heavy atom. The normalized spacial score (nSPS) is 12.1. The summed E-state index contributed by atoms with van der Waals surface area (Å²) in [7, 11) is 0. The van der Waals surface area contributed by atoms with Crippen molar-refractivity contribution in [1.29, 1.82) is 0 Å². The van der Waals surface area contributed by atoms with Crippen LogP contribution in [0.2, 0.25) is 0 Å². The summed E-state index contributed by atoms with van der Waals surface area (Å²) in [5, 5.41) is 9.91. The topological polar surface area (TPSA) is 106 Å². The van der Waals surface area contributed by atoms with Crippen LogP contribution in [0, 0.1) is 0 Å². The third-order valence-corrected chi connectivity index (χ3v) is 3.29. The molecule has 5 N–H and O–H groups in total. The summed E-state index contributed by atoms with van der Waals surface area (Å²) in [5.41, 5.74) is 12.8. The first-order chi connectivity index (χ1) is 9.02. The van der Waals surface area contributed by atoms with Gasteiger partial charge in [0.15, 0.2) is 11.5 Å². The van der Waals surface area contributed by atoms with Gasteiger partial charge in [0, 0.05) is 16.7 Å². The zero-order valence-electron chi connectivity index (χ0n) is 9.81. The van der Waals surface area contributed by atoms with E-state index in [9.17, 15) is 14.7 Å².